The second-order valence-corrected chi connectivity index (χ2v) is 5.56. The van der Waals surface area contributed by atoms with Gasteiger partial charge in [-0.1, -0.05) is 12.8 Å². The molecule has 5 nitrogen and oxygen atoms in total. The van der Waals surface area contributed by atoms with Crippen LogP contribution in [0.2, 0.25) is 0 Å². The van der Waals surface area contributed by atoms with Gasteiger partial charge in [0.15, 0.2) is 0 Å². The van der Waals surface area contributed by atoms with E-state index in [9.17, 15) is 9.59 Å². The normalized spacial score (nSPS) is 21.1. The fourth-order valence-corrected chi connectivity index (χ4v) is 2.03. The number of hydrogen-bond donors (Lipinski definition) is 0. The van der Waals surface area contributed by atoms with Gasteiger partial charge in [-0.15, -0.1) is 0 Å². The summed E-state index contributed by atoms with van der Waals surface area (Å²) in [4.78, 5) is 25.3. The molecule has 1 saturated heterocycles. The molecule has 0 spiro atoms. The Balaban J connectivity index is 2.79. The molecule has 0 aliphatic carbocycles. The first-order valence-corrected chi connectivity index (χ1v) is 6.42. The number of hydrogen-bond acceptors (Lipinski definition) is 4. The number of ether oxygens (including phenoxy) is 2. The van der Waals surface area contributed by atoms with Crippen molar-refractivity contribution >= 4 is 12.1 Å². The largest absolute Gasteiger partial charge is 0.467 e. The van der Waals surface area contributed by atoms with Crippen molar-refractivity contribution in [3.05, 3.63) is 0 Å². The van der Waals surface area contributed by atoms with Crippen LogP contribution in [0.15, 0.2) is 0 Å². The molecular formula is C13H23NO4. The van der Waals surface area contributed by atoms with E-state index in [4.69, 9.17) is 9.47 Å². The van der Waals surface area contributed by atoms with Gasteiger partial charge in [-0.25, -0.2) is 9.59 Å². The second kappa shape index (κ2) is 6.07. The summed E-state index contributed by atoms with van der Waals surface area (Å²) in [6, 6.07) is -0.507. The van der Waals surface area contributed by atoms with Gasteiger partial charge in [0.2, 0.25) is 0 Å². The second-order valence-electron chi connectivity index (χ2n) is 5.56. The number of amides is 1. The van der Waals surface area contributed by atoms with Gasteiger partial charge < -0.3 is 9.47 Å². The van der Waals surface area contributed by atoms with Gasteiger partial charge in [-0.05, 0) is 33.6 Å². The Morgan fingerprint density at radius 1 is 1.17 bits per heavy atom. The molecule has 0 N–H and O–H groups in total. The smallest absolute Gasteiger partial charge is 0.411 e. The van der Waals surface area contributed by atoms with Gasteiger partial charge in [0.25, 0.3) is 0 Å². The van der Waals surface area contributed by atoms with E-state index in [2.05, 4.69) is 0 Å². The van der Waals surface area contributed by atoms with Crippen LogP contribution >= 0.6 is 0 Å². The topological polar surface area (TPSA) is 55.8 Å². The highest BCUT2D eigenvalue weighted by Crippen LogP contribution is 2.20. The molecule has 5 heteroatoms. The van der Waals surface area contributed by atoms with Crippen molar-refractivity contribution < 1.29 is 19.1 Å². The molecule has 1 atom stereocenters. The Morgan fingerprint density at radius 2 is 1.83 bits per heavy atom. The highest BCUT2D eigenvalue weighted by atomic mass is 16.6. The van der Waals surface area contributed by atoms with E-state index in [0.29, 0.717) is 13.0 Å². The van der Waals surface area contributed by atoms with Crippen LogP contribution in [0, 0.1) is 0 Å². The van der Waals surface area contributed by atoms with Gasteiger partial charge in [0, 0.05) is 6.54 Å². The molecule has 1 heterocycles. The molecule has 18 heavy (non-hydrogen) atoms. The number of rotatable bonds is 1. The van der Waals surface area contributed by atoms with Crippen LogP contribution in [0.25, 0.3) is 0 Å². The Bertz CT molecular complexity index is 309. The molecule has 1 aliphatic rings. The minimum absolute atomic E-state index is 0.359. The van der Waals surface area contributed by atoms with E-state index in [-0.39, 0.29) is 5.97 Å². The Morgan fingerprint density at radius 3 is 2.39 bits per heavy atom. The summed E-state index contributed by atoms with van der Waals surface area (Å²) >= 11 is 0. The van der Waals surface area contributed by atoms with Crippen LogP contribution in [-0.4, -0.2) is 42.3 Å². The van der Waals surface area contributed by atoms with Gasteiger partial charge >= 0.3 is 12.1 Å². The summed E-state index contributed by atoms with van der Waals surface area (Å²) in [5.41, 5.74) is -0.552. The minimum Gasteiger partial charge on any atom is -0.467 e. The Hall–Kier alpha value is -1.26. The number of carbonyl (C=O) groups is 2. The lowest BCUT2D eigenvalue weighted by atomic mass is 10.1. The average Bonchev–Trinajstić information content (AvgIpc) is 2.50. The van der Waals surface area contributed by atoms with Crippen molar-refractivity contribution in [3.8, 4) is 0 Å². The zero-order valence-corrected chi connectivity index (χ0v) is 11.7. The first-order chi connectivity index (χ1) is 8.35. The highest BCUT2D eigenvalue weighted by Gasteiger charge is 2.34. The number of nitrogens with zero attached hydrogens (tertiary/aromatic N) is 1. The quantitative estimate of drug-likeness (QED) is 0.677. The molecule has 0 aromatic carbocycles. The van der Waals surface area contributed by atoms with E-state index in [1.165, 1.54) is 12.0 Å². The molecule has 1 amide bonds. The number of esters is 1. The summed E-state index contributed by atoms with van der Waals surface area (Å²) in [6.45, 7) is 6.00. The van der Waals surface area contributed by atoms with Crippen molar-refractivity contribution in [2.45, 2.75) is 58.1 Å². The minimum atomic E-state index is -0.552. The first-order valence-electron chi connectivity index (χ1n) is 6.42. The monoisotopic (exact) mass is 257 g/mol. The van der Waals surface area contributed by atoms with Crippen LogP contribution in [0.4, 0.5) is 4.79 Å². The standard InChI is InChI=1S/C13H23NO4/c1-13(2,3)18-12(16)14-9-7-5-6-8-10(14)11(15)17-4/h10H,5-9H2,1-4H3. The van der Waals surface area contributed by atoms with E-state index in [0.717, 1.165) is 19.3 Å². The summed E-state index contributed by atoms with van der Waals surface area (Å²) in [6.07, 6.45) is 3.06. The molecule has 0 radical (unpaired) electrons. The predicted molar refractivity (Wildman–Crippen MR) is 67.2 cm³/mol. The summed E-state index contributed by atoms with van der Waals surface area (Å²) in [5, 5.41) is 0. The maximum absolute atomic E-state index is 12.1. The lowest BCUT2D eigenvalue weighted by Gasteiger charge is -2.30. The molecule has 0 bridgehead atoms. The van der Waals surface area contributed by atoms with E-state index in [1.807, 2.05) is 20.8 Å². The molecule has 0 aromatic rings. The number of likely N-dealkylation sites (tertiary alicyclic amines) is 1. The maximum atomic E-state index is 12.1. The number of carbonyl (C=O) groups excluding carboxylic acids is 2. The van der Waals surface area contributed by atoms with Crippen LogP contribution in [0.5, 0.6) is 0 Å². The third kappa shape index (κ3) is 4.20. The molecular weight excluding hydrogens is 234 g/mol. The van der Waals surface area contributed by atoms with Crippen LogP contribution in [0.3, 0.4) is 0 Å². The third-order valence-electron chi connectivity index (χ3n) is 2.85. The highest BCUT2D eigenvalue weighted by molar-refractivity contribution is 5.81. The van der Waals surface area contributed by atoms with Crippen LogP contribution in [0.1, 0.15) is 46.5 Å². The SMILES string of the molecule is COC(=O)C1CCCCCN1C(=O)OC(C)(C)C. The first kappa shape index (κ1) is 14.8. The van der Waals surface area contributed by atoms with Gasteiger partial charge in [0.05, 0.1) is 7.11 Å². The van der Waals surface area contributed by atoms with Gasteiger partial charge in [-0.2, -0.15) is 0 Å². The van der Waals surface area contributed by atoms with Crippen molar-refractivity contribution in [1.82, 2.24) is 4.90 Å². The lowest BCUT2D eigenvalue weighted by molar-refractivity contribution is -0.146. The maximum Gasteiger partial charge on any atom is 0.411 e. The molecule has 0 saturated carbocycles. The molecule has 0 aromatic heterocycles. The molecule has 1 fully saturated rings. The predicted octanol–water partition coefficient (Wildman–Crippen LogP) is 2.34. The van der Waals surface area contributed by atoms with Gasteiger partial charge in [-0.3, -0.25) is 4.90 Å². The molecule has 104 valence electrons. The average molecular weight is 257 g/mol. The molecule has 1 unspecified atom stereocenters. The van der Waals surface area contributed by atoms with Crippen molar-refractivity contribution in [3.63, 3.8) is 0 Å². The number of methoxy groups -OCH3 is 1. The van der Waals surface area contributed by atoms with Crippen molar-refractivity contribution in [2.75, 3.05) is 13.7 Å². The zero-order chi connectivity index (χ0) is 13.8. The zero-order valence-electron chi connectivity index (χ0n) is 11.7. The van der Waals surface area contributed by atoms with Gasteiger partial charge in [0.1, 0.15) is 11.6 Å². The van der Waals surface area contributed by atoms with Crippen LogP contribution in [-0.2, 0) is 14.3 Å². The fourth-order valence-electron chi connectivity index (χ4n) is 2.03. The summed E-state index contributed by atoms with van der Waals surface area (Å²) in [7, 11) is 1.35. The van der Waals surface area contributed by atoms with Crippen LogP contribution < -0.4 is 0 Å². The van der Waals surface area contributed by atoms with E-state index < -0.39 is 17.7 Å². The fraction of sp³-hybridized carbons (Fsp3) is 0.846. The summed E-state index contributed by atoms with van der Waals surface area (Å²) < 4.78 is 10.1. The Labute approximate surface area is 108 Å². The van der Waals surface area contributed by atoms with Crippen molar-refractivity contribution in [2.24, 2.45) is 0 Å². The third-order valence-corrected chi connectivity index (χ3v) is 2.85. The summed E-state index contributed by atoms with van der Waals surface area (Å²) in [5.74, 6) is -0.359. The molecule has 1 rings (SSSR count). The van der Waals surface area contributed by atoms with E-state index in [1.54, 1.807) is 0 Å². The van der Waals surface area contributed by atoms with E-state index >= 15 is 0 Å². The Kier molecular flexibility index (Phi) is 4.99. The van der Waals surface area contributed by atoms with Crippen molar-refractivity contribution in [1.29, 1.82) is 0 Å². The molecule has 1 aliphatic heterocycles. The lowest BCUT2D eigenvalue weighted by Crippen LogP contribution is -2.47.